The number of carbonyl (C=O) groups excluding carboxylic acids is 1. The fourth-order valence-corrected chi connectivity index (χ4v) is 2.17. The number of aryl methyl sites for hydroxylation is 1. The van der Waals surface area contributed by atoms with Gasteiger partial charge in [-0.05, 0) is 30.9 Å². The lowest BCUT2D eigenvalue weighted by Crippen LogP contribution is -2.15. The molecule has 0 fully saturated rings. The fourth-order valence-electron chi connectivity index (χ4n) is 2.17. The van der Waals surface area contributed by atoms with Gasteiger partial charge in [-0.2, -0.15) is 0 Å². The highest BCUT2D eigenvalue weighted by Gasteiger charge is 2.09. The number of aliphatic hydroxyl groups is 1. The zero-order chi connectivity index (χ0) is 15.2. The van der Waals surface area contributed by atoms with Crippen molar-refractivity contribution in [1.29, 1.82) is 0 Å². The van der Waals surface area contributed by atoms with Crippen LogP contribution in [0.1, 0.15) is 28.9 Å². The van der Waals surface area contributed by atoms with Crippen LogP contribution >= 0.6 is 0 Å². The maximum atomic E-state index is 10.9. The molecule has 2 rings (SSSR count). The first-order chi connectivity index (χ1) is 10.1. The number of aliphatic hydroxyl groups excluding tert-OH is 1. The van der Waals surface area contributed by atoms with Gasteiger partial charge < -0.3 is 20.5 Å². The Balaban J connectivity index is 1.78. The van der Waals surface area contributed by atoms with E-state index < -0.39 is 12.0 Å². The number of nitrogens with two attached hydrogens (primary N) is 1. The smallest absolute Gasteiger partial charge is 0.268 e. The van der Waals surface area contributed by atoms with Crippen molar-refractivity contribution in [3.8, 4) is 5.75 Å². The van der Waals surface area contributed by atoms with Crippen LogP contribution in [0.25, 0.3) is 0 Å². The highest BCUT2D eigenvalue weighted by Crippen LogP contribution is 2.18. The third-order valence-electron chi connectivity index (χ3n) is 3.28. The van der Waals surface area contributed by atoms with E-state index in [2.05, 4.69) is 4.98 Å². The minimum Gasteiger partial charge on any atom is -0.508 e. The van der Waals surface area contributed by atoms with E-state index in [1.807, 2.05) is 12.1 Å². The van der Waals surface area contributed by atoms with Crippen LogP contribution in [0.2, 0.25) is 0 Å². The average Bonchev–Trinajstić information content (AvgIpc) is 2.89. The van der Waals surface area contributed by atoms with Crippen molar-refractivity contribution >= 4 is 5.91 Å². The normalized spacial score (nSPS) is 12.2. The molecule has 0 spiro atoms. The number of primary amides is 1. The number of nitrogens with zero attached hydrogens (tertiary/aromatic N) is 2. The molecule has 0 aliphatic carbocycles. The molecule has 0 radical (unpaired) electrons. The number of hydrogen-bond acceptors (Lipinski definition) is 4. The van der Waals surface area contributed by atoms with Crippen molar-refractivity contribution in [1.82, 2.24) is 9.55 Å². The minimum absolute atomic E-state index is 0.191. The summed E-state index contributed by atoms with van der Waals surface area (Å²) in [5.74, 6) is -0.296. The lowest BCUT2D eigenvalue weighted by atomic mass is 10.1. The molecule has 0 saturated heterocycles. The number of amides is 1. The summed E-state index contributed by atoms with van der Waals surface area (Å²) >= 11 is 0. The summed E-state index contributed by atoms with van der Waals surface area (Å²) in [4.78, 5) is 14.8. The number of imidazole rings is 1. The van der Waals surface area contributed by atoms with Crippen LogP contribution in [-0.2, 0) is 13.0 Å². The molecular formula is C15H19N3O3. The van der Waals surface area contributed by atoms with Gasteiger partial charge >= 0.3 is 0 Å². The number of aromatic nitrogens is 2. The van der Waals surface area contributed by atoms with Crippen molar-refractivity contribution in [3.63, 3.8) is 0 Å². The molecule has 6 heteroatoms. The zero-order valence-electron chi connectivity index (χ0n) is 11.6. The van der Waals surface area contributed by atoms with Gasteiger partial charge in [-0.15, -0.1) is 0 Å². The van der Waals surface area contributed by atoms with E-state index in [1.165, 1.54) is 12.5 Å². The predicted octanol–water partition coefficient (Wildman–Crippen LogP) is 1.07. The summed E-state index contributed by atoms with van der Waals surface area (Å²) in [5, 5.41) is 19.6. The third-order valence-corrected chi connectivity index (χ3v) is 3.28. The van der Waals surface area contributed by atoms with Gasteiger partial charge in [-0.3, -0.25) is 4.79 Å². The van der Waals surface area contributed by atoms with E-state index >= 15 is 0 Å². The molecule has 1 aromatic heterocycles. The van der Waals surface area contributed by atoms with E-state index in [0.717, 1.165) is 12.0 Å². The third kappa shape index (κ3) is 4.32. The molecule has 0 bridgehead atoms. The average molecular weight is 289 g/mol. The summed E-state index contributed by atoms with van der Waals surface area (Å²) in [5.41, 5.74) is 6.18. The van der Waals surface area contributed by atoms with Gasteiger partial charge in [0.25, 0.3) is 5.91 Å². The van der Waals surface area contributed by atoms with E-state index in [0.29, 0.717) is 19.4 Å². The Labute approximate surface area is 122 Å². The maximum absolute atomic E-state index is 10.9. The molecule has 21 heavy (non-hydrogen) atoms. The van der Waals surface area contributed by atoms with Crippen molar-refractivity contribution in [3.05, 3.63) is 48.0 Å². The summed E-state index contributed by atoms with van der Waals surface area (Å²) in [6.45, 7) is 0.362. The molecule has 6 nitrogen and oxygen atoms in total. The van der Waals surface area contributed by atoms with Crippen LogP contribution in [-0.4, -0.2) is 31.8 Å². The summed E-state index contributed by atoms with van der Waals surface area (Å²) in [7, 11) is 0. The molecule has 4 N–H and O–H groups in total. The molecule has 0 saturated carbocycles. The van der Waals surface area contributed by atoms with Gasteiger partial charge in [0.15, 0.2) is 0 Å². The van der Waals surface area contributed by atoms with E-state index in [9.17, 15) is 15.0 Å². The van der Waals surface area contributed by atoms with Crippen molar-refractivity contribution < 1.29 is 15.0 Å². The summed E-state index contributed by atoms with van der Waals surface area (Å²) < 4.78 is 1.64. The predicted molar refractivity (Wildman–Crippen MR) is 77.8 cm³/mol. The van der Waals surface area contributed by atoms with Crippen molar-refractivity contribution in [2.45, 2.75) is 31.9 Å². The Bertz CT molecular complexity index is 610. The molecule has 2 aromatic rings. The quantitative estimate of drug-likeness (QED) is 0.709. The van der Waals surface area contributed by atoms with Crippen molar-refractivity contribution in [2.24, 2.45) is 5.73 Å². The highest BCUT2D eigenvalue weighted by molar-refractivity contribution is 5.90. The number of rotatable bonds is 7. The first-order valence-electron chi connectivity index (χ1n) is 6.83. The molecule has 1 unspecified atom stereocenters. The van der Waals surface area contributed by atoms with Gasteiger partial charge in [0.2, 0.25) is 0 Å². The Hall–Kier alpha value is -2.34. The molecule has 1 heterocycles. The molecule has 1 atom stereocenters. The first kappa shape index (κ1) is 15.1. The number of carbonyl (C=O) groups is 1. The van der Waals surface area contributed by atoms with Crippen LogP contribution in [0, 0.1) is 0 Å². The molecule has 1 amide bonds. The molecule has 0 aliphatic heterocycles. The molecule has 1 aromatic carbocycles. The van der Waals surface area contributed by atoms with Crippen LogP contribution < -0.4 is 5.73 Å². The number of para-hydroxylation sites is 1. The molecular weight excluding hydrogens is 270 g/mol. The minimum atomic E-state index is -0.581. The van der Waals surface area contributed by atoms with Crippen LogP contribution in [0.3, 0.4) is 0 Å². The van der Waals surface area contributed by atoms with Gasteiger partial charge in [0, 0.05) is 12.7 Å². The number of aromatic hydroxyl groups is 1. The second-order valence-corrected chi connectivity index (χ2v) is 4.99. The second-order valence-electron chi connectivity index (χ2n) is 4.99. The van der Waals surface area contributed by atoms with Gasteiger partial charge in [-0.25, -0.2) is 4.98 Å². The van der Waals surface area contributed by atoms with Crippen LogP contribution in [0.15, 0.2) is 36.8 Å². The lowest BCUT2D eigenvalue weighted by molar-refractivity contribution is 0.0995. The Kier molecular flexibility index (Phi) is 4.94. The number of phenols is 1. The monoisotopic (exact) mass is 289 g/mol. The Morgan fingerprint density at radius 1 is 1.38 bits per heavy atom. The van der Waals surface area contributed by atoms with E-state index in [1.54, 1.807) is 16.7 Å². The van der Waals surface area contributed by atoms with E-state index in [4.69, 9.17) is 5.73 Å². The standard InChI is InChI=1S/C15H19N3O3/c16-15(21)13-9-18(10-17-13)8-12(19)6-3-5-11-4-1-2-7-14(11)20/h1-2,4,7,9-10,12,19-20H,3,5-6,8H2,(H2,16,21). The van der Waals surface area contributed by atoms with Crippen LogP contribution in [0.4, 0.5) is 0 Å². The fraction of sp³-hybridized carbons (Fsp3) is 0.333. The van der Waals surface area contributed by atoms with Gasteiger partial charge in [0.05, 0.1) is 12.4 Å². The SMILES string of the molecule is NC(=O)c1cn(CC(O)CCCc2ccccc2O)cn1. The number of hydrogen-bond donors (Lipinski definition) is 3. The van der Waals surface area contributed by atoms with Gasteiger partial charge in [-0.1, -0.05) is 18.2 Å². The van der Waals surface area contributed by atoms with Crippen LogP contribution in [0.5, 0.6) is 5.75 Å². The van der Waals surface area contributed by atoms with Gasteiger partial charge in [0.1, 0.15) is 11.4 Å². The summed E-state index contributed by atoms with van der Waals surface area (Å²) in [6.07, 6.45) is 4.53. The molecule has 0 aliphatic rings. The van der Waals surface area contributed by atoms with Crippen molar-refractivity contribution in [2.75, 3.05) is 0 Å². The topological polar surface area (TPSA) is 101 Å². The lowest BCUT2D eigenvalue weighted by Gasteiger charge is -2.11. The number of benzene rings is 1. The largest absolute Gasteiger partial charge is 0.508 e. The second kappa shape index (κ2) is 6.90. The molecule has 112 valence electrons. The first-order valence-corrected chi connectivity index (χ1v) is 6.83. The van der Waals surface area contributed by atoms with E-state index in [-0.39, 0.29) is 11.4 Å². The Morgan fingerprint density at radius 3 is 2.81 bits per heavy atom. The number of phenolic OH excluding ortho intramolecular Hbond substituents is 1. The maximum Gasteiger partial charge on any atom is 0.268 e. The highest BCUT2D eigenvalue weighted by atomic mass is 16.3. The zero-order valence-corrected chi connectivity index (χ0v) is 11.6. The summed E-state index contributed by atoms with van der Waals surface area (Å²) in [6, 6.07) is 7.19. The Morgan fingerprint density at radius 2 is 2.14 bits per heavy atom.